The van der Waals surface area contributed by atoms with Gasteiger partial charge in [-0.05, 0) is 25.0 Å². The van der Waals surface area contributed by atoms with Crippen LogP contribution < -0.4 is 10.2 Å². The number of nitrogens with zero attached hydrogens (tertiary/aromatic N) is 2. The number of hydrogen-bond acceptors (Lipinski definition) is 4. The summed E-state index contributed by atoms with van der Waals surface area (Å²) >= 11 is 6.17. The summed E-state index contributed by atoms with van der Waals surface area (Å²) in [6.45, 7) is 0.945. The maximum absolute atomic E-state index is 12.7. The van der Waals surface area contributed by atoms with Crippen molar-refractivity contribution < 1.29 is 14.7 Å². The van der Waals surface area contributed by atoms with E-state index in [1.54, 1.807) is 24.1 Å². The van der Waals surface area contributed by atoms with Gasteiger partial charge in [-0.2, -0.15) is 0 Å². The summed E-state index contributed by atoms with van der Waals surface area (Å²) < 4.78 is 0. The summed E-state index contributed by atoms with van der Waals surface area (Å²) in [5.41, 5.74) is 0.678. The summed E-state index contributed by atoms with van der Waals surface area (Å²) in [4.78, 5) is 28.3. The van der Waals surface area contributed by atoms with E-state index in [4.69, 9.17) is 11.6 Å². The SMILES string of the molecule is CN(C(=O)C1CC(O)CN1)C1CCN(c2ccccc2Cl)C1=O.Cl. The second kappa shape index (κ2) is 7.70. The number of aliphatic hydroxyl groups excluding tert-OH is 1. The molecular weight excluding hydrogens is 353 g/mol. The lowest BCUT2D eigenvalue weighted by Gasteiger charge is -2.26. The van der Waals surface area contributed by atoms with Crippen LogP contribution in [0.15, 0.2) is 24.3 Å². The molecule has 8 heteroatoms. The Hall–Kier alpha value is -1.34. The van der Waals surface area contributed by atoms with Crippen LogP contribution in [0.25, 0.3) is 0 Å². The van der Waals surface area contributed by atoms with Crippen LogP contribution in [0.3, 0.4) is 0 Å². The first kappa shape index (κ1) is 19.0. The van der Waals surface area contributed by atoms with Gasteiger partial charge in [-0.15, -0.1) is 12.4 Å². The zero-order valence-corrected chi connectivity index (χ0v) is 14.9. The molecular formula is C16H21Cl2N3O3. The molecule has 0 spiro atoms. The number of carbonyl (C=O) groups is 2. The van der Waals surface area contributed by atoms with E-state index < -0.39 is 18.2 Å². The number of β-amino-alcohol motifs (C(OH)–C–C–N with tert-alkyl or cyclic N) is 1. The molecule has 2 fully saturated rings. The van der Waals surface area contributed by atoms with Gasteiger partial charge in [0, 0.05) is 20.1 Å². The summed E-state index contributed by atoms with van der Waals surface area (Å²) in [6.07, 6.45) is 0.455. The number of aliphatic hydroxyl groups is 1. The summed E-state index contributed by atoms with van der Waals surface area (Å²) in [7, 11) is 1.65. The van der Waals surface area contributed by atoms with Gasteiger partial charge in [-0.3, -0.25) is 9.59 Å². The van der Waals surface area contributed by atoms with E-state index in [2.05, 4.69) is 5.32 Å². The Morgan fingerprint density at radius 1 is 1.42 bits per heavy atom. The van der Waals surface area contributed by atoms with Crippen LogP contribution >= 0.6 is 24.0 Å². The highest BCUT2D eigenvalue weighted by atomic mass is 35.5. The van der Waals surface area contributed by atoms with Crippen molar-refractivity contribution in [1.82, 2.24) is 10.2 Å². The number of nitrogens with one attached hydrogen (secondary N) is 1. The zero-order valence-electron chi connectivity index (χ0n) is 13.3. The molecule has 0 aliphatic carbocycles. The molecule has 2 aliphatic rings. The zero-order chi connectivity index (χ0) is 16.6. The van der Waals surface area contributed by atoms with Crippen molar-refractivity contribution in [3.05, 3.63) is 29.3 Å². The van der Waals surface area contributed by atoms with Crippen LogP contribution in [0.5, 0.6) is 0 Å². The van der Waals surface area contributed by atoms with Crippen LogP contribution in [0.1, 0.15) is 12.8 Å². The molecule has 0 aromatic heterocycles. The van der Waals surface area contributed by atoms with E-state index in [9.17, 15) is 14.7 Å². The van der Waals surface area contributed by atoms with Crippen molar-refractivity contribution in [2.75, 3.05) is 25.0 Å². The number of hydrogen-bond donors (Lipinski definition) is 2. The monoisotopic (exact) mass is 373 g/mol. The average Bonchev–Trinajstić information content (AvgIpc) is 3.13. The van der Waals surface area contributed by atoms with Crippen LogP contribution in [0.2, 0.25) is 5.02 Å². The van der Waals surface area contributed by atoms with Gasteiger partial charge >= 0.3 is 0 Å². The number of para-hydroxylation sites is 1. The van der Waals surface area contributed by atoms with Crippen LogP contribution in [0.4, 0.5) is 5.69 Å². The van der Waals surface area contributed by atoms with Gasteiger partial charge in [0.25, 0.3) is 0 Å². The molecule has 0 bridgehead atoms. The maximum atomic E-state index is 12.7. The summed E-state index contributed by atoms with van der Waals surface area (Å²) in [5.74, 6) is -0.270. The molecule has 2 amide bonds. The number of anilines is 1. The molecule has 2 saturated heterocycles. The predicted molar refractivity (Wildman–Crippen MR) is 94.6 cm³/mol. The van der Waals surface area contributed by atoms with E-state index in [-0.39, 0.29) is 24.2 Å². The Bertz CT molecular complexity index is 628. The topological polar surface area (TPSA) is 72.9 Å². The minimum atomic E-state index is -0.503. The maximum Gasteiger partial charge on any atom is 0.249 e. The predicted octanol–water partition coefficient (Wildman–Crippen LogP) is 1.05. The second-order valence-corrected chi connectivity index (χ2v) is 6.45. The molecule has 2 N–H and O–H groups in total. The Morgan fingerprint density at radius 2 is 2.12 bits per heavy atom. The first-order chi connectivity index (χ1) is 11.0. The lowest BCUT2D eigenvalue weighted by atomic mass is 10.1. The normalized spacial score (nSPS) is 26.4. The van der Waals surface area contributed by atoms with E-state index in [0.717, 1.165) is 0 Å². The third-order valence-electron chi connectivity index (χ3n) is 4.54. The van der Waals surface area contributed by atoms with Gasteiger partial charge in [-0.25, -0.2) is 0 Å². The van der Waals surface area contributed by atoms with Crippen molar-refractivity contribution in [2.24, 2.45) is 0 Å². The number of amides is 2. The smallest absolute Gasteiger partial charge is 0.249 e. The molecule has 3 atom stereocenters. The van der Waals surface area contributed by atoms with Gasteiger partial charge in [0.2, 0.25) is 11.8 Å². The van der Waals surface area contributed by atoms with E-state index >= 15 is 0 Å². The third kappa shape index (κ3) is 3.52. The Labute approximate surface area is 152 Å². The van der Waals surface area contributed by atoms with Gasteiger partial charge in [0.15, 0.2) is 0 Å². The van der Waals surface area contributed by atoms with Crippen molar-refractivity contribution in [3.8, 4) is 0 Å². The Kier molecular flexibility index (Phi) is 6.09. The fourth-order valence-electron chi connectivity index (χ4n) is 3.24. The van der Waals surface area contributed by atoms with E-state index in [1.165, 1.54) is 4.90 Å². The van der Waals surface area contributed by atoms with Gasteiger partial charge in [-0.1, -0.05) is 23.7 Å². The van der Waals surface area contributed by atoms with Crippen molar-refractivity contribution >= 4 is 41.5 Å². The van der Waals surface area contributed by atoms with Crippen molar-refractivity contribution in [2.45, 2.75) is 31.0 Å². The average molecular weight is 374 g/mol. The fraction of sp³-hybridized carbons (Fsp3) is 0.500. The van der Waals surface area contributed by atoms with Gasteiger partial charge in [0.05, 0.1) is 22.9 Å². The molecule has 132 valence electrons. The first-order valence-electron chi connectivity index (χ1n) is 7.73. The van der Waals surface area contributed by atoms with Crippen LogP contribution in [-0.2, 0) is 9.59 Å². The standard InChI is InChI=1S/C16H20ClN3O3.ClH/c1-19(15(22)12-8-10(21)9-18-12)14-6-7-20(16(14)23)13-5-3-2-4-11(13)17;/h2-5,10,12,14,18,21H,6-9H2,1H3;1H. The number of likely N-dealkylation sites (N-methyl/N-ethyl adjacent to an activating group) is 1. The summed E-state index contributed by atoms with van der Waals surface area (Å²) in [5, 5.41) is 13.1. The molecule has 0 radical (unpaired) electrons. The largest absolute Gasteiger partial charge is 0.392 e. The van der Waals surface area contributed by atoms with E-state index in [1.807, 2.05) is 12.1 Å². The molecule has 1 aromatic carbocycles. The quantitative estimate of drug-likeness (QED) is 0.830. The number of halogens is 2. The second-order valence-electron chi connectivity index (χ2n) is 6.05. The Balaban J connectivity index is 0.00000208. The first-order valence-corrected chi connectivity index (χ1v) is 8.11. The van der Waals surface area contributed by atoms with Crippen LogP contribution in [-0.4, -0.2) is 60.1 Å². The lowest BCUT2D eigenvalue weighted by Crippen LogP contribution is -2.49. The molecule has 2 heterocycles. The molecule has 3 unspecified atom stereocenters. The minimum Gasteiger partial charge on any atom is -0.392 e. The van der Waals surface area contributed by atoms with Crippen molar-refractivity contribution in [1.29, 1.82) is 0 Å². The third-order valence-corrected chi connectivity index (χ3v) is 4.86. The highest BCUT2D eigenvalue weighted by molar-refractivity contribution is 6.34. The number of carbonyl (C=O) groups excluding carboxylic acids is 2. The molecule has 1 aromatic rings. The van der Waals surface area contributed by atoms with Crippen LogP contribution in [0, 0.1) is 0 Å². The van der Waals surface area contributed by atoms with Crippen molar-refractivity contribution in [3.63, 3.8) is 0 Å². The minimum absolute atomic E-state index is 0. The van der Waals surface area contributed by atoms with Gasteiger partial charge in [0.1, 0.15) is 6.04 Å². The fourth-order valence-corrected chi connectivity index (χ4v) is 3.48. The molecule has 6 nitrogen and oxygen atoms in total. The number of rotatable bonds is 3. The Morgan fingerprint density at radius 3 is 2.75 bits per heavy atom. The molecule has 24 heavy (non-hydrogen) atoms. The molecule has 0 saturated carbocycles. The summed E-state index contributed by atoms with van der Waals surface area (Å²) in [6, 6.07) is 6.29. The molecule has 3 rings (SSSR count). The lowest BCUT2D eigenvalue weighted by molar-refractivity contribution is -0.138. The highest BCUT2D eigenvalue weighted by Gasteiger charge is 2.40. The molecule has 2 aliphatic heterocycles. The van der Waals surface area contributed by atoms with E-state index in [0.29, 0.717) is 36.6 Å². The number of benzene rings is 1. The van der Waals surface area contributed by atoms with Gasteiger partial charge < -0.3 is 20.2 Å². The highest BCUT2D eigenvalue weighted by Crippen LogP contribution is 2.30.